The predicted octanol–water partition coefficient (Wildman–Crippen LogP) is 4.83. The number of aromatic amines is 1. The fourth-order valence-corrected chi connectivity index (χ4v) is 3.69. The number of amides is 1. The molecule has 1 N–H and O–H groups in total. The molecule has 162 valence electrons. The summed E-state index contributed by atoms with van der Waals surface area (Å²) in [5.74, 6) is -0.893. The Bertz CT molecular complexity index is 949. The van der Waals surface area contributed by atoms with Gasteiger partial charge in [0.05, 0.1) is 23.2 Å². The lowest BCUT2D eigenvalue weighted by Crippen LogP contribution is -2.45. The first-order chi connectivity index (χ1) is 14.1. The van der Waals surface area contributed by atoms with Crippen LogP contribution in [0.15, 0.2) is 24.3 Å². The van der Waals surface area contributed by atoms with E-state index in [2.05, 4.69) is 4.98 Å². The number of ether oxygens (including phenoxy) is 1. The summed E-state index contributed by atoms with van der Waals surface area (Å²) < 4.78 is 5.07. The first kappa shape index (κ1) is 23.7. The summed E-state index contributed by atoms with van der Waals surface area (Å²) in [5, 5.41) is 0.342. The monoisotopic (exact) mass is 432 g/mol. The molecule has 1 atom stereocenters. The van der Waals surface area contributed by atoms with Crippen LogP contribution in [0, 0.1) is 19.8 Å². The van der Waals surface area contributed by atoms with Gasteiger partial charge in [-0.25, -0.2) is 4.79 Å². The Balaban J connectivity index is 2.43. The average molecular weight is 433 g/mol. The molecule has 1 amide bonds. The molecule has 0 bridgehead atoms. The van der Waals surface area contributed by atoms with Crippen molar-refractivity contribution in [2.24, 2.45) is 5.92 Å². The topological polar surface area (TPSA) is 79.5 Å². The van der Waals surface area contributed by atoms with Crippen LogP contribution in [0.4, 0.5) is 0 Å². The summed E-state index contributed by atoms with van der Waals surface area (Å²) in [4.78, 5) is 43.4. The number of nitrogens with one attached hydrogen (secondary N) is 1. The van der Waals surface area contributed by atoms with E-state index < -0.39 is 12.0 Å². The van der Waals surface area contributed by atoms with Crippen LogP contribution in [0.5, 0.6) is 0 Å². The molecule has 0 radical (unpaired) electrons. The van der Waals surface area contributed by atoms with E-state index in [1.165, 1.54) is 0 Å². The molecule has 0 aliphatic heterocycles. The van der Waals surface area contributed by atoms with Crippen LogP contribution in [0.25, 0.3) is 0 Å². The van der Waals surface area contributed by atoms with Crippen LogP contribution in [-0.4, -0.2) is 46.7 Å². The maximum Gasteiger partial charge on any atom is 0.355 e. The molecule has 0 spiro atoms. The fraction of sp³-hybridized carbons (Fsp3) is 0.435. The number of rotatable bonds is 8. The van der Waals surface area contributed by atoms with Gasteiger partial charge in [0.2, 0.25) is 0 Å². The highest BCUT2D eigenvalue weighted by Crippen LogP contribution is 2.25. The van der Waals surface area contributed by atoms with Crippen LogP contribution in [0.2, 0.25) is 5.02 Å². The molecule has 2 aromatic rings. The first-order valence-corrected chi connectivity index (χ1v) is 10.4. The Morgan fingerprint density at radius 3 is 2.33 bits per heavy atom. The number of nitrogens with zero attached hydrogens (tertiary/aromatic N) is 1. The van der Waals surface area contributed by atoms with Gasteiger partial charge >= 0.3 is 5.97 Å². The quantitative estimate of drug-likeness (QED) is 0.478. The van der Waals surface area contributed by atoms with E-state index in [0.717, 1.165) is 0 Å². The van der Waals surface area contributed by atoms with Crippen LogP contribution >= 0.6 is 11.6 Å². The zero-order valence-corrected chi connectivity index (χ0v) is 19.1. The normalized spacial score (nSPS) is 12.0. The fourth-order valence-electron chi connectivity index (χ4n) is 3.48. The van der Waals surface area contributed by atoms with Crippen molar-refractivity contribution in [1.29, 1.82) is 0 Å². The number of carbonyl (C=O) groups is 3. The lowest BCUT2D eigenvalue weighted by Gasteiger charge is -2.30. The van der Waals surface area contributed by atoms with Crippen molar-refractivity contribution in [3.05, 3.63) is 57.4 Å². The SMILES string of the molecule is CCOC(=O)c1[nH]c(C)c(C(=O)C(C)N(CC(C)C)C(=O)c2ccccc2Cl)c1C. The summed E-state index contributed by atoms with van der Waals surface area (Å²) in [5.41, 5.74) is 2.12. The van der Waals surface area contributed by atoms with Gasteiger partial charge < -0.3 is 14.6 Å². The third kappa shape index (κ3) is 4.93. The van der Waals surface area contributed by atoms with Gasteiger partial charge in [-0.1, -0.05) is 37.6 Å². The van der Waals surface area contributed by atoms with Gasteiger partial charge in [-0.05, 0) is 51.3 Å². The number of ketones is 1. The minimum Gasteiger partial charge on any atom is -0.461 e. The van der Waals surface area contributed by atoms with Crippen LogP contribution in [0.3, 0.4) is 0 Å². The maximum absolute atomic E-state index is 13.4. The van der Waals surface area contributed by atoms with Gasteiger partial charge in [-0.2, -0.15) is 0 Å². The Kier molecular flexibility index (Phi) is 7.84. The van der Waals surface area contributed by atoms with E-state index in [0.29, 0.717) is 34.0 Å². The molecule has 0 saturated carbocycles. The number of halogens is 1. The number of aryl methyl sites for hydroxylation is 1. The molecule has 7 heteroatoms. The zero-order valence-electron chi connectivity index (χ0n) is 18.3. The van der Waals surface area contributed by atoms with Crippen LogP contribution in [-0.2, 0) is 4.74 Å². The second-order valence-electron chi connectivity index (χ2n) is 7.72. The molecule has 0 aliphatic carbocycles. The lowest BCUT2D eigenvalue weighted by molar-refractivity contribution is 0.0518. The number of hydrogen-bond donors (Lipinski definition) is 1. The third-order valence-electron chi connectivity index (χ3n) is 4.94. The highest BCUT2D eigenvalue weighted by atomic mass is 35.5. The molecule has 0 saturated heterocycles. The zero-order chi connectivity index (χ0) is 22.6. The summed E-state index contributed by atoms with van der Waals surface area (Å²) in [6.45, 7) is 11.5. The molecule has 2 rings (SSSR count). The Morgan fingerprint density at radius 1 is 1.13 bits per heavy atom. The largest absolute Gasteiger partial charge is 0.461 e. The van der Waals surface area contributed by atoms with Gasteiger partial charge in [-0.3, -0.25) is 9.59 Å². The number of aromatic nitrogens is 1. The number of Topliss-reactive ketones (excluding diaryl/α,β-unsaturated/α-hetero) is 1. The van der Waals surface area contributed by atoms with E-state index in [-0.39, 0.29) is 29.9 Å². The Labute approximate surface area is 182 Å². The van der Waals surface area contributed by atoms with Gasteiger partial charge in [-0.15, -0.1) is 0 Å². The minimum atomic E-state index is -0.737. The van der Waals surface area contributed by atoms with Gasteiger partial charge in [0, 0.05) is 17.8 Å². The second kappa shape index (κ2) is 9.94. The van der Waals surface area contributed by atoms with Gasteiger partial charge in [0.1, 0.15) is 5.69 Å². The molecule has 1 unspecified atom stereocenters. The van der Waals surface area contributed by atoms with E-state index in [4.69, 9.17) is 16.3 Å². The van der Waals surface area contributed by atoms with Crippen molar-refractivity contribution in [3.63, 3.8) is 0 Å². The molecule has 30 heavy (non-hydrogen) atoms. The van der Waals surface area contributed by atoms with E-state index in [1.807, 2.05) is 13.8 Å². The molecule has 1 aromatic carbocycles. The molecule has 1 heterocycles. The maximum atomic E-state index is 13.4. The molecular weight excluding hydrogens is 404 g/mol. The van der Waals surface area contributed by atoms with Crippen LogP contribution in [0.1, 0.15) is 70.2 Å². The van der Waals surface area contributed by atoms with E-state index in [9.17, 15) is 14.4 Å². The Morgan fingerprint density at radius 2 is 1.77 bits per heavy atom. The summed E-state index contributed by atoms with van der Waals surface area (Å²) >= 11 is 6.23. The van der Waals surface area contributed by atoms with Crippen molar-refractivity contribution < 1.29 is 19.1 Å². The first-order valence-electron chi connectivity index (χ1n) is 10.1. The van der Waals surface area contributed by atoms with Crippen molar-refractivity contribution in [1.82, 2.24) is 9.88 Å². The number of hydrogen-bond acceptors (Lipinski definition) is 4. The lowest BCUT2D eigenvalue weighted by atomic mass is 9.98. The van der Waals surface area contributed by atoms with Crippen molar-refractivity contribution in [2.45, 2.75) is 47.6 Å². The van der Waals surface area contributed by atoms with Gasteiger partial charge in [0.25, 0.3) is 5.91 Å². The Hall–Kier alpha value is -2.60. The summed E-state index contributed by atoms with van der Waals surface area (Å²) in [6, 6.07) is 6.07. The number of carbonyl (C=O) groups excluding carboxylic acids is 3. The number of esters is 1. The highest BCUT2D eigenvalue weighted by Gasteiger charge is 2.32. The van der Waals surface area contributed by atoms with E-state index in [1.54, 1.807) is 56.9 Å². The molecule has 0 aliphatic rings. The van der Waals surface area contributed by atoms with Crippen LogP contribution < -0.4 is 0 Å². The molecule has 1 aromatic heterocycles. The molecule has 6 nitrogen and oxygen atoms in total. The van der Waals surface area contributed by atoms with Crippen molar-refractivity contribution in [2.75, 3.05) is 13.2 Å². The number of benzene rings is 1. The highest BCUT2D eigenvalue weighted by molar-refractivity contribution is 6.33. The van der Waals surface area contributed by atoms with Crippen molar-refractivity contribution >= 4 is 29.3 Å². The summed E-state index contributed by atoms with van der Waals surface area (Å²) in [6.07, 6.45) is 0. The van der Waals surface area contributed by atoms with E-state index >= 15 is 0 Å². The third-order valence-corrected chi connectivity index (χ3v) is 5.27. The predicted molar refractivity (Wildman–Crippen MR) is 117 cm³/mol. The smallest absolute Gasteiger partial charge is 0.355 e. The molecule has 0 fully saturated rings. The second-order valence-corrected chi connectivity index (χ2v) is 8.12. The standard InChI is InChI=1S/C23H29ClN2O4/c1-7-30-23(29)20-14(4)19(15(5)25-20)21(27)16(6)26(12-13(2)3)22(28)17-10-8-9-11-18(17)24/h8-11,13,16,25H,7,12H2,1-6H3. The van der Waals surface area contributed by atoms with Gasteiger partial charge in [0.15, 0.2) is 5.78 Å². The summed E-state index contributed by atoms with van der Waals surface area (Å²) in [7, 11) is 0. The molecular formula is C23H29ClN2O4. The van der Waals surface area contributed by atoms with Crippen molar-refractivity contribution in [3.8, 4) is 0 Å². The number of H-pyrrole nitrogens is 1. The minimum absolute atomic E-state index is 0.148. The average Bonchev–Trinajstić information content (AvgIpc) is 2.99.